The third-order valence-corrected chi connectivity index (χ3v) is 4.12. The maximum Gasteiger partial charge on any atom is 0.128 e. The topological polar surface area (TPSA) is 24.9 Å². The number of halogens is 2. The highest BCUT2D eigenvalue weighted by molar-refractivity contribution is 7.99. The lowest BCUT2D eigenvalue weighted by atomic mass is 10.2. The number of hydrogen-bond acceptors (Lipinski definition) is 3. The van der Waals surface area contributed by atoms with Crippen LogP contribution in [0.1, 0.15) is 19.4 Å². The number of rotatable bonds is 6. The summed E-state index contributed by atoms with van der Waals surface area (Å²) in [5.41, 5.74) is 0.680. The second-order valence-corrected chi connectivity index (χ2v) is 6.66. The highest BCUT2D eigenvalue weighted by Crippen LogP contribution is 2.30. The summed E-state index contributed by atoms with van der Waals surface area (Å²) in [6.45, 7) is 5.63. The Kier molecular flexibility index (Phi) is 6.03. The first kappa shape index (κ1) is 16.3. The SMILES string of the molecule is CC(C)CNCc1c(F)cccc1Sc1ccc(Cl)cn1. The smallest absolute Gasteiger partial charge is 0.128 e. The first-order valence-corrected chi connectivity index (χ1v) is 8.03. The normalized spacial score (nSPS) is 11.1. The lowest BCUT2D eigenvalue weighted by molar-refractivity contribution is 0.530. The summed E-state index contributed by atoms with van der Waals surface area (Å²) in [5, 5.41) is 4.68. The number of hydrogen-bond donors (Lipinski definition) is 1. The van der Waals surface area contributed by atoms with Gasteiger partial charge < -0.3 is 5.32 Å². The Hall–Kier alpha value is -1.10. The molecule has 0 aliphatic carbocycles. The molecule has 0 saturated carbocycles. The molecule has 0 spiro atoms. The standard InChI is InChI=1S/C16H18ClFN2S/c1-11(2)8-19-10-13-14(18)4-3-5-15(13)21-16-7-6-12(17)9-20-16/h3-7,9,11,19H,8,10H2,1-2H3. The molecule has 21 heavy (non-hydrogen) atoms. The lowest BCUT2D eigenvalue weighted by Crippen LogP contribution is -2.20. The molecule has 0 atom stereocenters. The maximum absolute atomic E-state index is 14.0. The number of pyridine rings is 1. The van der Waals surface area contributed by atoms with Crippen LogP contribution in [0.2, 0.25) is 5.02 Å². The zero-order chi connectivity index (χ0) is 15.2. The third-order valence-electron chi connectivity index (χ3n) is 2.85. The van der Waals surface area contributed by atoms with Crippen LogP contribution in [0.25, 0.3) is 0 Å². The van der Waals surface area contributed by atoms with Crippen LogP contribution in [0.3, 0.4) is 0 Å². The van der Waals surface area contributed by atoms with Crippen molar-refractivity contribution in [3.8, 4) is 0 Å². The van der Waals surface area contributed by atoms with E-state index in [-0.39, 0.29) is 5.82 Å². The van der Waals surface area contributed by atoms with Crippen LogP contribution in [0, 0.1) is 11.7 Å². The van der Waals surface area contributed by atoms with Crippen LogP contribution in [-0.2, 0) is 6.54 Å². The fraction of sp³-hybridized carbons (Fsp3) is 0.312. The van der Waals surface area contributed by atoms with E-state index in [1.165, 1.54) is 17.8 Å². The molecule has 112 valence electrons. The Labute approximate surface area is 134 Å². The van der Waals surface area contributed by atoms with Gasteiger partial charge in [0.2, 0.25) is 0 Å². The maximum atomic E-state index is 14.0. The van der Waals surface area contributed by atoms with Crippen molar-refractivity contribution >= 4 is 23.4 Å². The average molecular weight is 325 g/mol. The fourth-order valence-electron chi connectivity index (χ4n) is 1.83. The van der Waals surface area contributed by atoms with Crippen molar-refractivity contribution in [2.24, 2.45) is 5.92 Å². The molecule has 0 aliphatic rings. The molecule has 1 N–H and O–H groups in total. The Balaban J connectivity index is 2.14. The summed E-state index contributed by atoms with van der Waals surface area (Å²) in [4.78, 5) is 5.12. The van der Waals surface area contributed by atoms with Gasteiger partial charge in [-0.15, -0.1) is 0 Å². The molecule has 2 nitrogen and oxygen atoms in total. The molecule has 2 aromatic rings. The fourth-order valence-corrected chi connectivity index (χ4v) is 2.85. The van der Waals surface area contributed by atoms with Crippen LogP contribution in [0.4, 0.5) is 4.39 Å². The van der Waals surface area contributed by atoms with E-state index < -0.39 is 0 Å². The summed E-state index contributed by atoms with van der Waals surface area (Å²) in [5.74, 6) is 0.344. The van der Waals surface area contributed by atoms with Gasteiger partial charge in [0.15, 0.2) is 0 Å². The zero-order valence-electron chi connectivity index (χ0n) is 12.1. The number of nitrogens with zero attached hydrogens (tertiary/aromatic N) is 1. The molecule has 5 heteroatoms. The van der Waals surface area contributed by atoms with E-state index in [2.05, 4.69) is 24.1 Å². The minimum absolute atomic E-state index is 0.190. The second-order valence-electron chi connectivity index (χ2n) is 5.16. The Bertz CT molecular complexity index is 587. The van der Waals surface area contributed by atoms with Crippen LogP contribution >= 0.6 is 23.4 Å². The van der Waals surface area contributed by atoms with Gasteiger partial charge >= 0.3 is 0 Å². The zero-order valence-corrected chi connectivity index (χ0v) is 13.6. The molecule has 1 aromatic heterocycles. The molecule has 0 fully saturated rings. The van der Waals surface area contributed by atoms with Gasteiger partial charge in [-0.1, -0.05) is 43.3 Å². The molecule has 0 unspecified atom stereocenters. The van der Waals surface area contributed by atoms with E-state index in [9.17, 15) is 4.39 Å². The van der Waals surface area contributed by atoms with Crippen LogP contribution in [-0.4, -0.2) is 11.5 Å². The largest absolute Gasteiger partial charge is 0.312 e. The van der Waals surface area contributed by atoms with Crippen molar-refractivity contribution in [1.29, 1.82) is 0 Å². The number of aromatic nitrogens is 1. The van der Waals surface area contributed by atoms with Crippen LogP contribution < -0.4 is 5.32 Å². The van der Waals surface area contributed by atoms with Crippen molar-refractivity contribution in [2.45, 2.75) is 30.3 Å². The predicted molar refractivity (Wildman–Crippen MR) is 86.3 cm³/mol. The van der Waals surface area contributed by atoms with Gasteiger partial charge in [-0.2, -0.15) is 0 Å². The van der Waals surface area contributed by atoms with E-state index in [1.807, 2.05) is 12.1 Å². The molecule has 1 aromatic carbocycles. The Morgan fingerprint density at radius 3 is 2.76 bits per heavy atom. The molecular weight excluding hydrogens is 307 g/mol. The van der Waals surface area contributed by atoms with Gasteiger partial charge in [0.1, 0.15) is 10.8 Å². The summed E-state index contributed by atoms with van der Waals surface area (Å²) < 4.78 is 14.0. The Morgan fingerprint density at radius 2 is 2.10 bits per heavy atom. The van der Waals surface area contributed by atoms with E-state index in [4.69, 9.17) is 11.6 Å². The van der Waals surface area contributed by atoms with Crippen molar-refractivity contribution < 1.29 is 4.39 Å². The van der Waals surface area contributed by atoms with Gasteiger partial charge in [-0.3, -0.25) is 0 Å². The van der Waals surface area contributed by atoms with Crippen molar-refractivity contribution in [1.82, 2.24) is 10.3 Å². The molecule has 0 saturated heterocycles. The lowest BCUT2D eigenvalue weighted by Gasteiger charge is -2.12. The minimum atomic E-state index is -0.190. The van der Waals surface area contributed by atoms with Crippen molar-refractivity contribution in [3.05, 3.63) is 52.9 Å². The summed E-state index contributed by atoms with van der Waals surface area (Å²) >= 11 is 7.27. The average Bonchev–Trinajstić information content (AvgIpc) is 2.44. The molecule has 0 bridgehead atoms. The molecule has 0 amide bonds. The molecule has 1 heterocycles. The number of benzene rings is 1. The highest BCUT2D eigenvalue weighted by Gasteiger charge is 2.10. The molecule has 0 aliphatic heterocycles. The predicted octanol–water partition coefficient (Wildman–Crippen LogP) is 4.77. The van der Waals surface area contributed by atoms with Crippen molar-refractivity contribution in [3.63, 3.8) is 0 Å². The van der Waals surface area contributed by atoms with E-state index in [0.29, 0.717) is 23.0 Å². The third kappa shape index (κ3) is 4.99. The number of nitrogens with one attached hydrogen (secondary N) is 1. The van der Waals surface area contributed by atoms with Gasteiger partial charge in [-0.25, -0.2) is 9.37 Å². The van der Waals surface area contributed by atoms with Gasteiger partial charge in [0.05, 0.1) is 5.02 Å². The molecule has 0 radical (unpaired) electrons. The van der Waals surface area contributed by atoms with E-state index >= 15 is 0 Å². The van der Waals surface area contributed by atoms with Gasteiger partial charge in [-0.05, 0) is 36.7 Å². The first-order chi connectivity index (χ1) is 10.1. The Morgan fingerprint density at radius 1 is 1.29 bits per heavy atom. The van der Waals surface area contributed by atoms with Crippen LogP contribution in [0.5, 0.6) is 0 Å². The van der Waals surface area contributed by atoms with Crippen LogP contribution in [0.15, 0.2) is 46.5 Å². The quantitative estimate of drug-likeness (QED) is 0.828. The summed E-state index contributed by atoms with van der Waals surface area (Å²) in [6.07, 6.45) is 1.60. The summed E-state index contributed by atoms with van der Waals surface area (Å²) in [6, 6.07) is 8.75. The highest BCUT2D eigenvalue weighted by atomic mass is 35.5. The van der Waals surface area contributed by atoms with E-state index in [1.54, 1.807) is 18.3 Å². The van der Waals surface area contributed by atoms with Crippen molar-refractivity contribution in [2.75, 3.05) is 6.54 Å². The minimum Gasteiger partial charge on any atom is -0.312 e. The molecular formula is C16H18ClFN2S. The second kappa shape index (κ2) is 7.78. The summed E-state index contributed by atoms with van der Waals surface area (Å²) in [7, 11) is 0. The van der Waals surface area contributed by atoms with Gasteiger partial charge in [0, 0.05) is 23.2 Å². The van der Waals surface area contributed by atoms with Gasteiger partial charge in [0.25, 0.3) is 0 Å². The monoisotopic (exact) mass is 324 g/mol. The first-order valence-electron chi connectivity index (χ1n) is 6.84. The van der Waals surface area contributed by atoms with E-state index in [0.717, 1.165) is 16.5 Å². The molecule has 2 rings (SSSR count).